The maximum atomic E-state index is 13.5. The summed E-state index contributed by atoms with van der Waals surface area (Å²) in [5, 5.41) is 8.71. The number of hydrogen-bond acceptors (Lipinski definition) is 5. The minimum absolute atomic E-state index is 0.0978. The first kappa shape index (κ1) is 18.5. The third kappa shape index (κ3) is 4.80. The first-order valence-corrected chi connectivity index (χ1v) is 7.59. The van der Waals surface area contributed by atoms with Crippen LogP contribution in [0.1, 0.15) is 6.42 Å². The molecule has 0 unspecified atom stereocenters. The van der Waals surface area contributed by atoms with Gasteiger partial charge in [-0.3, -0.25) is 19.3 Å². The van der Waals surface area contributed by atoms with Crippen LogP contribution in [0.25, 0.3) is 0 Å². The zero-order valence-electron chi connectivity index (χ0n) is 12.9. The van der Waals surface area contributed by atoms with E-state index in [0.29, 0.717) is 4.90 Å². The minimum Gasteiger partial charge on any atom is -0.491 e. The lowest BCUT2D eigenvalue weighted by Crippen LogP contribution is -2.27. The number of thiol groups is 1. The highest BCUT2D eigenvalue weighted by atomic mass is 32.1. The Labute approximate surface area is 148 Å². The Morgan fingerprint density at radius 1 is 1.24 bits per heavy atom. The molecule has 0 fully saturated rings. The fraction of sp³-hybridized carbons (Fsp3) is 0.118. The SMILES string of the molecule is O=CC(=O)N(c1cccc(F)c1)c1ccc(S)cc1OCCC(=O)O. The van der Waals surface area contributed by atoms with Crippen molar-refractivity contribution >= 4 is 42.2 Å². The lowest BCUT2D eigenvalue weighted by Gasteiger charge is -2.23. The van der Waals surface area contributed by atoms with Gasteiger partial charge in [-0.1, -0.05) is 6.07 Å². The topological polar surface area (TPSA) is 83.9 Å². The molecule has 130 valence electrons. The van der Waals surface area contributed by atoms with Crippen LogP contribution >= 0.6 is 12.6 Å². The standard InChI is InChI=1S/C17H14FNO5S/c18-11-2-1-3-12(8-11)19(16(21)10-20)14-5-4-13(25)9-15(14)24-7-6-17(22)23/h1-5,8-10,25H,6-7H2,(H,22,23). The van der Waals surface area contributed by atoms with E-state index in [1.165, 1.54) is 30.3 Å². The van der Waals surface area contributed by atoms with Crippen LogP contribution in [0, 0.1) is 5.82 Å². The number of carbonyl (C=O) groups is 3. The molecule has 0 heterocycles. The van der Waals surface area contributed by atoms with Crippen LogP contribution in [0.15, 0.2) is 47.4 Å². The van der Waals surface area contributed by atoms with Crippen molar-refractivity contribution in [2.75, 3.05) is 11.5 Å². The number of amides is 1. The van der Waals surface area contributed by atoms with Gasteiger partial charge in [-0.25, -0.2) is 4.39 Å². The van der Waals surface area contributed by atoms with Crippen LogP contribution in [0.5, 0.6) is 5.75 Å². The number of carboxylic acids is 1. The molecule has 0 aliphatic rings. The quantitative estimate of drug-likeness (QED) is 0.449. The van der Waals surface area contributed by atoms with Crippen LogP contribution in [0.2, 0.25) is 0 Å². The molecule has 2 aromatic rings. The molecule has 2 rings (SSSR count). The summed E-state index contributed by atoms with van der Waals surface area (Å²) in [6, 6.07) is 9.67. The minimum atomic E-state index is -1.05. The van der Waals surface area contributed by atoms with Crippen LogP contribution < -0.4 is 9.64 Å². The zero-order valence-corrected chi connectivity index (χ0v) is 13.8. The lowest BCUT2D eigenvalue weighted by atomic mass is 10.2. The summed E-state index contributed by atoms with van der Waals surface area (Å²) in [5.41, 5.74) is 0.304. The second-order valence-corrected chi connectivity index (χ2v) is 5.43. The molecule has 8 heteroatoms. The molecule has 2 aromatic carbocycles. The largest absolute Gasteiger partial charge is 0.491 e. The highest BCUT2D eigenvalue weighted by Gasteiger charge is 2.22. The van der Waals surface area contributed by atoms with E-state index in [9.17, 15) is 18.8 Å². The number of anilines is 2. The molecule has 0 spiro atoms. The van der Waals surface area contributed by atoms with Gasteiger partial charge in [0.2, 0.25) is 6.29 Å². The molecule has 0 aromatic heterocycles. The van der Waals surface area contributed by atoms with Crippen LogP contribution in [0.4, 0.5) is 15.8 Å². The third-order valence-electron chi connectivity index (χ3n) is 3.15. The van der Waals surface area contributed by atoms with Crippen molar-refractivity contribution in [2.24, 2.45) is 0 Å². The Hall–Kier alpha value is -2.87. The van der Waals surface area contributed by atoms with E-state index in [0.717, 1.165) is 11.0 Å². The number of nitrogens with zero attached hydrogens (tertiary/aromatic N) is 1. The average molecular weight is 363 g/mol. The van der Waals surface area contributed by atoms with Gasteiger partial charge in [0, 0.05) is 4.90 Å². The summed E-state index contributed by atoms with van der Waals surface area (Å²) in [5.74, 6) is -2.41. The van der Waals surface area contributed by atoms with Crippen molar-refractivity contribution in [1.29, 1.82) is 0 Å². The molecule has 6 nitrogen and oxygen atoms in total. The monoisotopic (exact) mass is 363 g/mol. The zero-order chi connectivity index (χ0) is 18.4. The van der Waals surface area contributed by atoms with Crippen molar-refractivity contribution in [3.63, 3.8) is 0 Å². The number of halogens is 1. The van der Waals surface area contributed by atoms with E-state index in [1.54, 1.807) is 6.07 Å². The van der Waals surface area contributed by atoms with E-state index in [4.69, 9.17) is 9.84 Å². The Morgan fingerprint density at radius 3 is 2.64 bits per heavy atom. The van der Waals surface area contributed by atoms with Crippen molar-refractivity contribution in [2.45, 2.75) is 11.3 Å². The highest BCUT2D eigenvalue weighted by molar-refractivity contribution is 7.80. The predicted molar refractivity (Wildman–Crippen MR) is 91.1 cm³/mol. The van der Waals surface area contributed by atoms with Gasteiger partial charge in [-0.05, 0) is 36.4 Å². The molecule has 0 aliphatic heterocycles. The number of carbonyl (C=O) groups excluding carboxylic acids is 2. The summed E-state index contributed by atoms with van der Waals surface area (Å²) >= 11 is 4.18. The van der Waals surface area contributed by atoms with Crippen LogP contribution in [-0.4, -0.2) is 29.9 Å². The first-order valence-electron chi connectivity index (χ1n) is 7.15. The summed E-state index contributed by atoms with van der Waals surface area (Å²) < 4.78 is 19.0. The molecule has 0 aliphatic carbocycles. The van der Waals surface area contributed by atoms with E-state index in [2.05, 4.69) is 12.6 Å². The number of hydrogen-bond donors (Lipinski definition) is 2. The number of ether oxygens (including phenoxy) is 1. The fourth-order valence-electron chi connectivity index (χ4n) is 2.10. The molecule has 25 heavy (non-hydrogen) atoms. The Balaban J connectivity index is 2.47. The molecule has 1 amide bonds. The van der Waals surface area contributed by atoms with Gasteiger partial charge in [0.1, 0.15) is 11.6 Å². The molecule has 1 N–H and O–H groups in total. The second kappa shape index (κ2) is 8.29. The van der Waals surface area contributed by atoms with Crippen molar-refractivity contribution in [3.8, 4) is 5.75 Å². The number of aldehydes is 1. The van der Waals surface area contributed by atoms with Crippen molar-refractivity contribution in [3.05, 3.63) is 48.3 Å². The maximum absolute atomic E-state index is 13.5. The van der Waals surface area contributed by atoms with Crippen LogP contribution in [-0.2, 0) is 14.4 Å². The van der Waals surface area contributed by atoms with Gasteiger partial charge >= 0.3 is 5.97 Å². The molecule has 0 radical (unpaired) electrons. The van der Waals surface area contributed by atoms with E-state index < -0.39 is 17.7 Å². The van der Waals surface area contributed by atoms with E-state index in [1.807, 2.05) is 0 Å². The molecular formula is C17H14FNO5S. The van der Waals surface area contributed by atoms with Gasteiger partial charge in [-0.15, -0.1) is 12.6 Å². The maximum Gasteiger partial charge on any atom is 0.306 e. The molecule has 0 saturated carbocycles. The average Bonchev–Trinajstić information content (AvgIpc) is 2.56. The van der Waals surface area contributed by atoms with Crippen molar-refractivity contribution < 1.29 is 28.6 Å². The number of aliphatic carboxylic acids is 1. The predicted octanol–water partition coefficient (Wildman–Crippen LogP) is 2.83. The summed E-state index contributed by atoms with van der Waals surface area (Å²) in [4.78, 5) is 35.3. The molecule has 0 saturated heterocycles. The van der Waals surface area contributed by atoms with Gasteiger partial charge in [0.25, 0.3) is 5.91 Å². The summed E-state index contributed by atoms with van der Waals surface area (Å²) in [7, 11) is 0. The van der Waals surface area contributed by atoms with Crippen LogP contribution in [0.3, 0.4) is 0 Å². The molecule has 0 bridgehead atoms. The smallest absolute Gasteiger partial charge is 0.306 e. The molecular weight excluding hydrogens is 349 g/mol. The van der Waals surface area contributed by atoms with E-state index >= 15 is 0 Å². The normalized spacial score (nSPS) is 10.2. The Bertz CT molecular complexity index is 811. The Morgan fingerprint density at radius 2 is 2.00 bits per heavy atom. The molecule has 0 atom stereocenters. The van der Waals surface area contributed by atoms with Gasteiger partial charge in [-0.2, -0.15) is 0 Å². The number of benzene rings is 2. The number of carboxylic acid groups (broad SMARTS) is 1. The number of rotatable bonds is 7. The summed E-state index contributed by atoms with van der Waals surface area (Å²) in [6.45, 7) is -0.147. The lowest BCUT2D eigenvalue weighted by molar-refractivity contribution is -0.137. The first-order chi connectivity index (χ1) is 11.9. The van der Waals surface area contributed by atoms with Gasteiger partial charge in [0.15, 0.2) is 0 Å². The van der Waals surface area contributed by atoms with Gasteiger partial charge in [0.05, 0.1) is 24.4 Å². The van der Waals surface area contributed by atoms with Gasteiger partial charge < -0.3 is 9.84 Å². The highest BCUT2D eigenvalue weighted by Crippen LogP contribution is 2.36. The fourth-order valence-corrected chi connectivity index (χ4v) is 2.30. The Kier molecular flexibility index (Phi) is 6.13. The second-order valence-electron chi connectivity index (χ2n) is 4.92. The van der Waals surface area contributed by atoms with Crippen molar-refractivity contribution in [1.82, 2.24) is 0 Å². The summed E-state index contributed by atoms with van der Waals surface area (Å²) in [6.07, 6.45) is -0.154. The third-order valence-corrected chi connectivity index (χ3v) is 3.42. The van der Waals surface area contributed by atoms with E-state index in [-0.39, 0.29) is 36.4 Å².